The van der Waals surface area contributed by atoms with Gasteiger partial charge in [0, 0.05) is 11.9 Å². The van der Waals surface area contributed by atoms with Gasteiger partial charge in [0.2, 0.25) is 0 Å². The predicted molar refractivity (Wildman–Crippen MR) is 72.6 cm³/mol. The molecule has 1 aromatic carbocycles. The van der Waals surface area contributed by atoms with Crippen LogP contribution in [0.1, 0.15) is 16.7 Å². The van der Waals surface area contributed by atoms with Crippen molar-refractivity contribution in [2.45, 2.75) is 13.8 Å². The maximum atomic E-state index is 8.91. The number of pyridine rings is 1. The molecule has 0 saturated heterocycles. The number of nitriles is 1. The predicted octanol–water partition coefficient (Wildman–Crippen LogP) is 2.90. The first-order valence-electron chi connectivity index (χ1n) is 5.60. The van der Waals surface area contributed by atoms with Crippen molar-refractivity contribution < 1.29 is 0 Å². The van der Waals surface area contributed by atoms with Crippen molar-refractivity contribution in [3.63, 3.8) is 0 Å². The number of nitrogens with one attached hydrogen (secondary N) is 1. The second kappa shape index (κ2) is 4.76. The fourth-order valence-corrected chi connectivity index (χ4v) is 1.75. The highest BCUT2D eigenvalue weighted by Gasteiger charge is 2.07. The molecule has 4 heteroatoms. The van der Waals surface area contributed by atoms with E-state index >= 15 is 0 Å². The zero-order chi connectivity index (χ0) is 13.1. The van der Waals surface area contributed by atoms with E-state index in [9.17, 15) is 0 Å². The van der Waals surface area contributed by atoms with Gasteiger partial charge in [-0.25, -0.2) is 4.98 Å². The van der Waals surface area contributed by atoms with E-state index in [-0.39, 0.29) is 0 Å². The highest BCUT2D eigenvalue weighted by Crippen LogP contribution is 2.25. The summed E-state index contributed by atoms with van der Waals surface area (Å²) in [6.07, 6.45) is 1.57. The zero-order valence-electron chi connectivity index (χ0n) is 10.4. The Kier molecular flexibility index (Phi) is 3.16. The van der Waals surface area contributed by atoms with Crippen LogP contribution in [0.4, 0.5) is 17.2 Å². The number of benzene rings is 1. The topological polar surface area (TPSA) is 74.7 Å². The summed E-state index contributed by atoms with van der Waals surface area (Å²) < 4.78 is 0. The van der Waals surface area contributed by atoms with E-state index in [1.54, 1.807) is 12.3 Å². The molecule has 1 aromatic heterocycles. The SMILES string of the molecule is Cc1ccc(Nc2nccc(C#N)c2N)c(C)c1. The monoisotopic (exact) mass is 238 g/mol. The lowest BCUT2D eigenvalue weighted by Crippen LogP contribution is -2.02. The van der Waals surface area contributed by atoms with Crippen LogP contribution in [0.15, 0.2) is 30.5 Å². The fraction of sp³-hybridized carbons (Fsp3) is 0.143. The summed E-state index contributed by atoms with van der Waals surface area (Å²) in [5.74, 6) is 0.515. The summed E-state index contributed by atoms with van der Waals surface area (Å²) in [6, 6.07) is 9.71. The van der Waals surface area contributed by atoms with Crippen LogP contribution in [0.25, 0.3) is 0 Å². The van der Waals surface area contributed by atoms with Crippen LogP contribution in [0, 0.1) is 25.2 Å². The van der Waals surface area contributed by atoms with Gasteiger partial charge in [0.1, 0.15) is 6.07 Å². The minimum Gasteiger partial charge on any atom is -0.395 e. The average molecular weight is 238 g/mol. The van der Waals surface area contributed by atoms with Crippen LogP contribution in [0.2, 0.25) is 0 Å². The summed E-state index contributed by atoms with van der Waals surface area (Å²) in [5.41, 5.74) is 9.93. The van der Waals surface area contributed by atoms with Gasteiger partial charge in [-0.3, -0.25) is 0 Å². The standard InChI is InChI=1S/C14H14N4/c1-9-3-4-12(10(2)7-9)18-14-13(16)11(8-15)5-6-17-14/h3-7H,16H2,1-2H3,(H,17,18). The molecule has 3 N–H and O–H groups in total. The summed E-state index contributed by atoms with van der Waals surface area (Å²) in [5, 5.41) is 12.1. The van der Waals surface area contributed by atoms with E-state index in [2.05, 4.69) is 16.4 Å². The molecule has 0 atom stereocenters. The molecule has 0 aliphatic carbocycles. The van der Waals surface area contributed by atoms with Gasteiger partial charge in [0.25, 0.3) is 0 Å². The zero-order valence-corrected chi connectivity index (χ0v) is 10.4. The first-order chi connectivity index (χ1) is 8.61. The highest BCUT2D eigenvalue weighted by molar-refractivity contribution is 5.74. The van der Waals surface area contributed by atoms with Gasteiger partial charge in [0.15, 0.2) is 5.82 Å². The number of rotatable bonds is 2. The van der Waals surface area contributed by atoms with Crippen LogP contribution < -0.4 is 11.1 Å². The third kappa shape index (κ3) is 2.25. The minimum absolute atomic E-state index is 0.375. The third-order valence-corrected chi connectivity index (χ3v) is 2.75. The molecule has 1 heterocycles. The molecule has 0 bridgehead atoms. The van der Waals surface area contributed by atoms with E-state index in [4.69, 9.17) is 11.0 Å². The van der Waals surface area contributed by atoms with Gasteiger partial charge < -0.3 is 11.1 Å². The van der Waals surface area contributed by atoms with E-state index < -0.39 is 0 Å². The van der Waals surface area contributed by atoms with Crippen LogP contribution >= 0.6 is 0 Å². The number of aromatic nitrogens is 1. The second-order valence-electron chi connectivity index (χ2n) is 4.18. The molecule has 0 unspecified atom stereocenters. The normalized spacial score (nSPS) is 9.83. The van der Waals surface area contributed by atoms with Gasteiger partial charge in [0.05, 0.1) is 11.3 Å². The van der Waals surface area contributed by atoms with Crippen LogP contribution in [-0.4, -0.2) is 4.98 Å². The molecular formula is C14H14N4. The Morgan fingerprint density at radius 2 is 2.06 bits per heavy atom. The van der Waals surface area contributed by atoms with Crippen molar-refractivity contribution in [2.75, 3.05) is 11.1 Å². The van der Waals surface area contributed by atoms with E-state index in [0.29, 0.717) is 17.1 Å². The molecule has 2 aromatic rings. The number of hydrogen-bond donors (Lipinski definition) is 2. The Bertz CT molecular complexity index is 626. The summed E-state index contributed by atoms with van der Waals surface area (Å²) >= 11 is 0. The van der Waals surface area contributed by atoms with Crippen molar-refractivity contribution in [1.29, 1.82) is 5.26 Å². The number of nitrogen functional groups attached to an aromatic ring is 1. The second-order valence-corrected chi connectivity index (χ2v) is 4.18. The molecule has 0 spiro atoms. The Morgan fingerprint density at radius 1 is 1.28 bits per heavy atom. The van der Waals surface area contributed by atoms with E-state index in [1.165, 1.54) is 5.56 Å². The number of nitrogens with two attached hydrogens (primary N) is 1. The fourth-order valence-electron chi connectivity index (χ4n) is 1.75. The van der Waals surface area contributed by atoms with Gasteiger partial charge in [-0.05, 0) is 31.5 Å². The first-order valence-corrected chi connectivity index (χ1v) is 5.60. The number of anilines is 3. The van der Waals surface area contributed by atoms with Crippen LogP contribution in [-0.2, 0) is 0 Å². The molecule has 0 radical (unpaired) electrons. The van der Waals surface area contributed by atoms with E-state index in [1.807, 2.05) is 32.0 Å². The molecule has 90 valence electrons. The molecular weight excluding hydrogens is 224 g/mol. The molecule has 0 amide bonds. The van der Waals surface area contributed by atoms with Gasteiger partial charge in [-0.2, -0.15) is 5.26 Å². The largest absolute Gasteiger partial charge is 0.395 e. The summed E-state index contributed by atoms with van der Waals surface area (Å²) in [6.45, 7) is 4.05. The number of nitrogens with zero attached hydrogens (tertiary/aromatic N) is 2. The molecule has 4 nitrogen and oxygen atoms in total. The Hall–Kier alpha value is -2.54. The van der Waals surface area contributed by atoms with Crippen molar-refractivity contribution in [3.8, 4) is 6.07 Å². The lowest BCUT2D eigenvalue weighted by Gasteiger charge is -2.11. The lowest BCUT2D eigenvalue weighted by molar-refractivity contribution is 1.28. The molecule has 2 rings (SSSR count). The molecule has 18 heavy (non-hydrogen) atoms. The number of hydrogen-bond acceptors (Lipinski definition) is 4. The molecule has 0 fully saturated rings. The van der Waals surface area contributed by atoms with Crippen molar-refractivity contribution in [3.05, 3.63) is 47.2 Å². The van der Waals surface area contributed by atoms with Crippen molar-refractivity contribution in [2.24, 2.45) is 0 Å². The lowest BCUT2D eigenvalue weighted by atomic mass is 10.1. The molecule has 0 aliphatic heterocycles. The Labute approximate surface area is 106 Å². The van der Waals surface area contributed by atoms with Crippen LogP contribution in [0.5, 0.6) is 0 Å². The average Bonchev–Trinajstić information content (AvgIpc) is 2.35. The van der Waals surface area contributed by atoms with Crippen molar-refractivity contribution in [1.82, 2.24) is 4.98 Å². The third-order valence-electron chi connectivity index (χ3n) is 2.75. The summed E-state index contributed by atoms with van der Waals surface area (Å²) in [4.78, 5) is 4.16. The maximum absolute atomic E-state index is 8.91. The molecule has 0 aliphatic rings. The van der Waals surface area contributed by atoms with Crippen molar-refractivity contribution >= 4 is 17.2 Å². The van der Waals surface area contributed by atoms with Gasteiger partial charge >= 0.3 is 0 Å². The highest BCUT2D eigenvalue weighted by atomic mass is 15.0. The first kappa shape index (κ1) is 11.9. The summed E-state index contributed by atoms with van der Waals surface area (Å²) in [7, 11) is 0. The minimum atomic E-state index is 0.375. The smallest absolute Gasteiger partial charge is 0.154 e. The Morgan fingerprint density at radius 3 is 2.72 bits per heavy atom. The van der Waals surface area contributed by atoms with Gasteiger partial charge in [-0.15, -0.1) is 0 Å². The molecule has 0 saturated carbocycles. The maximum Gasteiger partial charge on any atom is 0.154 e. The number of aryl methyl sites for hydroxylation is 2. The van der Waals surface area contributed by atoms with Gasteiger partial charge in [-0.1, -0.05) is 17.7 Å². The quantitative estimate of drug-likeness (QED) is 0.843. The van der Waals surface area contributed by atoms with Crippen LogP contribution in [0.3, 0.4) is 0 Å². The van der Waals surface area contributed by atoms with E-state index in [0.717, 1.165) is 11.3 Å². The Balaban J connectivity index is 2.38.